The fourth-order valence-electron chi connectivity index (χ4n) is 2.32. The first-order valence-corrected chi connectivity index (χ1v) is 7.40. The van der Waals surface area contributed by atoms with Crippen LogP contribution in [-0.4, -0.2) is 49.9 Å². The van der Waals surface area contributed by atoms with Gasteiger partial charge in [0, 0.05) is 25.4 Å². The second-order valence-corrected chi connectivity index (χ2v) is 5.43. The number of nitrogens with zero attached hydrogens (tertiary/aromatic N) is 2. The maximum Gasteiger partial charge on any atom is 0.326 e. The molecule has 1 heterocycles. The van der Waals surface area contributed by atoms with Gasteiger partial charge in [0.15, 0.2) is 0 Å². The molecule has 0 unspecified atom stereocenters. The molecule has 122 valence electrons. The number of ether oxygens (including phenoxy) is 1. The van der Waals surface area contributed by atoms with Gasteiger partial charge in [-0.1, -0.05) is 12.1 Å². The molecule has 1 aliphatic heterocycles. The second-order valence-electron chi connectivity index (χ2n) is 5.43. The van der Waals surface area contributed by atoms with Gasteiger partial charge in [-0.25, -0.2) is 0 Å². The van der Waals surface area contributed by atoms with Gasteiger partial charge in [-0.2, -0.15) is 0 Å². The Morgan fingerprint density at radius 2 is 2.09 bits per heavy atom. The average molecular weight is 316 g/mol. The summed E-state index contributed by atoms with van der Waals surface area (Å²) in [5.41, 5.74) is 2.22. The number of carbonyl (C=O) groups excluding carboxylic acids is 3. The lowest BCUT2D eigenvalue weighted by atomic mass is 10.1. The van der Waals surface area contributed by atoms with Gasteiger partial charge in [0.2, 0.25) is 5.91 Å². The van der Waals surface area contributed by atoms with Crippen LogP contribution < -0.4 is 4.90 Å². The molecule has 2 amide bonds. The molecule has 1 saturated heterocycles. The maximum atomic E-state index is 12.3. The van der Waals surface area contributed by atoms with Crippen molar-refractivity contribution in [3.05, 3.63) is 35.4 Å². The Morgan fingerprint density at radius 1 is 1.35 bits per heavy atom. The van der Waals surface area contributed by atoms with E-state index in [1.807, 2.05) is 43.3 Å². The molecule has 0 spiro atoms. The number of hydrogen-bond donors (Lipinski definition) is 0. The van der Waals surface area contributed by atoms with E-state index in [1.54, 1.807) is 13.0 Å². The molecular weight excluding hydrogens is 296 g/mol. The van der Waals surface area contributed by atoms with Crippen molar-refractivity contribution in [2.24, 2.45) is 0 Å². The lowest BCUT2D eigenvalue weighted by molar-refractivity contribution is -0.151. The van der Waals surface area contributed by atoms with Crippen LogP contribution in [0.15, 0.2) is 29.8 Å². The van der Waals surface area contributed by atoms with E-state index < -0.39 is 11.9 Å². The quantitative estimate of drug-likeness (QED) is 0.467. The standard InChI is InChI=1S/C17H20N2O4/c1-4-23-16(21)11-19-15(20)10-13(17(19)22)8-12-6-5-7-14(9-12)18(2)3/h5-9H,4,10-11H2,1-3H3/b13-8+. The molecule has 0 aliphatic carbocycles. The van der Waals surface area contributed by atoms with Crippen molar-refractivity contribution in [1.82, 2.24) is 4.90 Å². The van der Waals surface area contributed by atoms with Crippen LogP contribution in [0.4, 0.5) is 5.69 Å². The van der Waals surface area contributed by atoms with E-state index in [0.29, 0.717) is 5.57 Å². The first-order valence-electron chi connectivity index (χ1n) is 7.40. The number of benzene rings is 1. The topological polar surface area (TPSA) is 66.9 Å². The summed E-state index contributed by atoms with van der Waals surface area (Å²) in [7, 11) is 3.86. The molecule has 0 radical (unpaired) electrons. The molecular formula is C17H20N2O4. The average Bonchev–Trinajstić information content (AvgIpc) is 2.75. The molecule has 0 N–H and O–H groups in total. The number of hydrogen-bond acceptors (Lipinski definition) is 5. The summed E-state index contributed by atoms with van der Waals surface area (Å²) >= 11 is 0. The summed E-state index contributed by atoms with van der Waals surface area (Å²) < 4.78 is 4.79. The molecule has 1 fully saturated rings. The number of likely N-dealkylation sites (tertiary alicyclic amines) is 1. The van der Waals surface area contributed by atoms with Gasteiger partial charge in [0.25, 0.3) is 5.91 Å². The van der Waals surface area contributed by atoms with Crippen LogP contribution in [0, 0.1) is 0 Å². The summed E-state index contributed by atoms with van der Waals surface area (Å²) in [5, 5.41) is 0. The van der Waals surface area contributed by atoms with Crippen LogP contribution in [0.2, 0.25) is 0 Å². The molecule has 0 saturated carbocycles. The maximum absolute atomic E-state index is 12.3. The van der Waals surface area contributed by atoms with Gasteiger partial charge in [0.05, 0.1) is 13.0 Å². The van der Waals surface area contributed by atoms with Crippen molar-refractivity contribution in [2.45, 2.75) is 13.3 Å². The SMILES string of the molecule is CCOC(=O)CN1C(=O)C/C(=C\c2cccc(N(C)C)c2)C1=O. The minimum absolute atomic E-state index is 0.00440. The van der Waals surface area contributed by atoms with Gasteiger partial charge in [-0.3, -0.25) is 19.3 Å². The third-order valence-corrected chi connectivity index (χ3v) is 3.48. The van der Waals surface area contributed by atoms with Crippen molar-refractivity contribution in [2.75, 3.05) is 32.1 Å². The van der Waals surface area contributed by atoms with E-state index in [2.05, 4.69) is 0 Å². The Balaban J connectivity index is 2.18. The van der Waals surface area contributed by atoms with E-state index in [4.69, 9.17) is 4.74 Å². The zero-order valence-electron chi connectivity index (χ0n) is 13.5. The highest BCUT2D eigenvalue weighted by molar-refractivity contribution is 6.16. The molecule has 0 atom stereocenters. The molecule has 1 aliphatic rings. The van der Waals surface area contributed by atoms with Crippen LogP contribution in [-0.2, 0) is 19.1 Å². The van der Waals surface area contributed by atoms with Crippen LogP contribution in [0.25, 0.3) is 6.08 Å². The first kappa shape index (κ1) is 16.7. The molecule has 1 aromatic rings. The monoisotopic (exact) mass is 316 g/mol. The van der Waals surface area contributed by atoms with E-state index >= 15 is 0 Å². The third kappa shape index (κ3) is 3.97. The molecule has 1 aromatic carbocycles. The molecule has 0 aromatic heterocycles. The zero-order valence-corrected chi connectivity index (χ0v) is 13.5. The van der Waals surface area contributed by atoms with Gasteiger partial charge >= 0.3 is 5.97 Å². The summed E-state index contributed by atoms with van der Waals surface area (Å²) in [6.45, 7) is 1.56. The lowest BCUT2D eigenvalue weighted by Crippen LogP contribution is -2.35. The molecule has 0 bridgehead atoms. The molecule has 23 heavy (non-hydrogen) atoms. The number of anilines is 1. The van der Waals surface area contributed by atoms with Crippen LogP contribution in [0.1, 0.15) is 18.9 Å². The number of imide groups is 1. The van der Waals surface area contributed by atoms with Crippen molar-refractivity contribution >= 4 is 29.5 Å². The van der Waals surface area contributed by atoms with Crippen molar-refractivity contribution in [1.29, 1.82) is 0 Å². The Morgan fingerprint density at radius 3 is 2.74 bits per heavy atom. The minimum Gasteiger partial charge on any atom is -0.465 e. The molecule has 6 heteroatoms. The van der Waals surface area contributed by atoms with E-state index in [0.717, 1.165) is 16.2 Å². The van der Waals surface area contributed by atoms with Crippen molar-refractivity contribution in [3.63, 3.8) is 0 Å². The van der Waals surface area contributed by atoms with E-state index in [-0.39, 0.29) is 25.5 Å². The Hall–Kier alpha value is -2.63. The predicted octanol–water partition coefficient (Wildman–Crippen LogP) is 1.46. The van der Waals surface area contributed by atoms with E-state index in [1.165, 1.54) is 0 Å². The summed E-state index contributed by atoms with van der Waals surface area (Å²) in [6.07, 6.45) is 1.70. The Labute approximate surface area is 135 Å². The van der Waals surface area contributed by atoms with Crippen molar-refractivity contribution in [3.8, 4) is 0 Å². The van der Waals surface area contributed by atoms with E-state index in [9.17, 15) is 14.4 Å². The summed E-state index contributed by atoms with van der Waals surface area (Å²) in [6, 6.07) is 7.64. The highest BCUT2D eigenvalue weighted by Crippen LogP contribution is 2.23. The fraction of sp³-hybridized carbons (Fsp3) is 0.353. The highest BCUT2D eigenvalue weighted by Gasteiger charge is 2.35. The normalized spacial score (nSPS) is 16.1. The summed E-state index contributed by atoms with van der Waals surface area (Å²) in [4.78, 5) is 38.6. The van der Waals surface area contributed by atoms with Crippen LogP contribution in [0.5, 0.6) is 0 Å². The number of esters is 1. The molecule has 6 nitrogen and oxygen atoms in total. The third-order valence-electron chi connectivity index (χ3n) is 3.48. The number of amides is 2. The lowest BCUT2D eigenvalue weighted by Gasteiger charge is -2.13. The number of rotatable bonds is 5. The van der Waals surface area contributed by atoms with Gasteiger partial charge < -0.3 is 9.64 Å². The predicted molar refractivity (Wildman–Crippen MR) is 86.7 cm³/mol. The fourth-order valence-corrected chi connectivity index (χ4v) is 2.32. The van der Waals surface area contributed by atoms with Crippen molar-refractivity contribution < 1.29 is 19.1 Å². The van der Waals surface area contributed by atoms with Crippen LogP contribution in [0.3, 0.4) is 0 Å². The highest BCUT2D eigenvalue weighted by atomic mass is 16.5. The summed E-state index contributed by atoms with van der Waals surface area (Å²) in [5.74, 6) is -1.39. The van der Waals surface area contributed by atoms with Gasteiger partial charge in [0.1, 0.15) is 6.54 Å². The van der Waals surface area contributed by atoms with Gasteiger partial charge in [-0.05, 0) is 30.7 Å². The zero-order chi connectivity index (χ0) is 17.0. The Kier molecular flexibility index (Phi) is 5.16. The number of carbonyl (C=O) groups is 3. The second kappa shape index (κ2) is 7.09. The van der Waals surface area contributed by atoms with Gasteiger partial charge in [-0.15, -0.1) is 0 Å². The molecule has 2 rings (SSSR count). The first-order chi connectivity index (χ1) is 10.9. The van der Waals surface area contributed by atoms with Crippen LogP contribution >= 0.6 is 0 Å². The largest absolute Gasteiger partial charge is 0.465 e. The smallest absolute Gasteiger partial charge is 0.326 e. The minimum atomic E-state index is -0.579. The Bertz CT molecular complexity index is 664.